The molecule has 0 fully saturated rings. The van der Waals surface area contributed by atoms with Gasteiger partial charge in [-0.15, -0.1) is 0 Å². The third-order valence-corrected chi connectivity index (χ3v) is 9.54. The number of furan rings is 1. The highest BCUT2D eigenvalue weighted by atomic mass is 16.3. The lowest BCUT2D eigenvalue weighted by molar-refractivity contribution is 0.645. The summed E-state index contributed by atoms with van der Waals surface area (Å²) in [6, 6.07) is 60.7. The van der Waals surface area contributed by atoms with Crippen molar-refractivity contribution in [1.82, 2.24) is 9.13 Å². The van der Waals surface area contributed by atoms with Crippen molar-refractivity contribution in [1.29, 1.82) is 0 Å². The Hall–Kier alpha value is -6.32. The molecule has 0 saturated heterocycles. The van der Waals surface area contributed by atoms with Gasteiger partial charge in [0.15, 0.2) is 0 Å². The molecule has 0 aliphatic heterocycles. The summed E-state index contributed by atoms with van der Waals surface area (Å²) in [4.78, 5) is 0. The molecule has 0 bridgehead atoms. The molecule has 10 aromatic rings. The van der Waals surface area contributed by atoms with Gasteiger partial charge in [-0.25, -0.2) is 0 Å². The Morgan fingerprint density at radius 3 is 1.62 bits per heavy atom. The molecule has 0 N–H and O–H groups in total. The molecular weight excluding hydrogens is 572 g/mol. The van der Waals surface area contributed by atoms with Gasteiger partial charge < -0.3 is 8.98 Å². The normalized spacial score (nSPS) is 11.8. The van der Waals surface area contributed by atoms with Gasteiger partial charge in [0, 0.05) is 32.9 Å². The van der Waals surface area contributed by atoms with Crippen LogP contribution in [0.25, 0.3) is 88.4 Å². The number of aromatic nitrogens is 2. The van der Waals surface area contributed by atoms with Crippen LogP contribution in [0.5, 0.6) is 0 Å². The summed E-state index contributed by atoms with van der Waals surface area (Å²) >= 11 is 0. The fraction of sp³-hybridized carbons (Fsp3) is 0. The van der Waals surface area contributed by atoms with Crippen LogP contribution in [-0.4, -0.2) is 9.13 Å². The molecule has 0 atom stereocenters. The molecule has 0 unspecified atom stereocenters. The van der Waals surface area contributed by atoms with Gasteiger partial charge in [0.05, 0.1) is 21.9 Å². The highest BCUT2D eigenvalue weighted by Gasteiger charge is 2.20. The number of benzene rings is 7. The van der Waals surface area contributed by atoms with E-state index in [2.05, 4.69) is 167 Å². The predicted molar refractivity (Wildman–Crippen MR) is 196 cm³/mol. The topological polar surface area (TPSA) is 23.0 Å². The third-order valence-electron chi connectivity index (χ3n) is 9.54. The molecule has 3 heterocycles. The number of rotatable bonds is 4. The second kappa shape index (κ2) is 10.1. The van der Waals surface area contributed by atoms with Crippen LogP contribution in [0.3, 0.4) is 0 Å². The summed E-state index contributed by atoms with van der Waals surface area (Å²) < 4.78 is 11.1. The molecule has 10 rings (SSSR count). The molecule has 3 nitrogen and oxygen atoms in total. The van der Waals surface area contributed by atoms with Gasteiger partial charge in [0.1, 0.15) is 5.58 Å². The molecule has 3 heteroatoms. The molecule has 0 radical (unpaired) electrons. The SMILES string of the molecule is c1ccc(-n2c3ccc(-c4ccc(-c5cccc(-n6c7ccccc7c7ccccc76)c5)cc4)cc3c3c4ccccc4oc32)cc1. The third kappa shape index (κ3) is 3.93. The molecule has 0 amide bonds. The van der Waals surface area contributed by atoms with Crippen LogP contribution >= 0.6 is 0 Å². The summed E-state index contributed by atoms with van der Waals surface area (Å²) in [5, 5.41) is 6.02. The molecule has 47 heavy (non-hydrogen) atoms. The Bertz CT molecular complexity index is 2720. The predicted octanol–water partition coefficient (Wildman–Crippen LogP) is 12.0. The molecule has 0 aliphatic rings. The standard InChI is InChI=1S/C44H28N2O/c1-2-12-33(13-3-1)46-41-26-25-32(28-38(41)43-37-17-6-9-20-42(37)47-44(43)46)30-23-21-29(22-24-30)31-11-10-14-34(27-31)45-39-18-7-4-15-35(39)36-16-5-8-19-40(36)45/h1-28H. The summed E-state index contributed by atoms with van der Waals surface area (Å²) in [5.41, 5.74) is 12.4. The van der Waals surface area contributed by atoms with Crippen molar-refractivity contribution >= 4 is 54.8 Å². The van der Waals surface area contributed by atoms with E-state index in [1.165, 1.54) is 49.4 Å². The fourth-order valence-electron chi connectivity index (χ4n) is 7.38. The Morgan fingerprint density at radius 2 is 0.894 bits per heavy atom. The second-order valence-corrected chi connectivity index (χ2v) is 12.2. The van der Waals surface area contributed by atoms with Crippen molar-refractivity contribution in [3.05, 3.63) is 170 Å². The van der Waals surface area contributed by atoms with Crippen molar-refractivity contribution in [2.75, 3.05) is 0 Å². The molecular formula is C44H28N2O. The highest BCUT2D eigenvalue weighted by Crippen LogP contribution is 2.41. The van der Waals surface area contributed by atoms with Crippen LogP contribution in [0.15, 0.2) is 174 Å². The van der Waals surface area contributed by atoms with Crippen molar-refractivity contribution < 1.29 is 4.42 Å². The van der Waals surface area contributed by atoms with E-state index in [9.17, 15) is 0 Å². The van der Waals surface area contributed by atoms with E-state index in [1.807, 2.05) is 12.1 Å². The average molecular weight is 601 g/mol. The minimum Gasteiger partial charge on any atom is -0.439 e. The number of para-hydroxylation sites is 4. The summed E-state index contributed by atoms with van der Waals surface area (Å²) in [6.07, 6.45) is 0. The maximum atomic E-state index is 6.48. The van der Waals surface area contributed by atoms with Crippen LogP contribution < -0.4 is 0 Å². The Labute approximate surface area is 271 Å². The lowest BCUT2D eigenvalue weighted by atomic mass is 9.98. The lowest BCUT2D eigenvalue weighted by Gasteiger charge is -2.11. The summed E-state index contributed by atoms with van der Waals surface area (Å²) in [7, 11) is 0. The molecule has 0 spiro atoms. The zero-order chi connectivity index (χ0) is 30.9. The van der Waals surface area contributed by atoms with Gasteiger partial charge in [-0.1, -0.05) is 115 Å². The molecule has 3 aromatic heterocycles. The molecule has 0 aliphatic carbocycles. The lowest BCUT2D eigenvalue weighted by Crippen LogP contribution is -1.94. The van der Waals surface area contributed by atoms with E-state index in [0.29, 0.717) is 0 Å². The monoisotopic (exact) mass is 600 g/mol. The average Bonchev–Trinajstić information content (AvgIpc) is 3.79. The van der Waals surface area contributed by atoms with Crippen LogP contribution in [0.4, 0.5) is 0 Å². The van der Waals surface area contributed by atoms with Crippen molar-refractivity contribution in [2.24, 2.45) is 0 Å². The van der Waals surface area contributed by atoms with E-state index in [1.54, 1.807) is 0 Å². The van der Waals surface area contributed by atoms with E-state index in [0.717, 1.165) is 39.0 Å². The number of fused-ring (bicyclic) bond motifs is 8. The minimum atomic E-state index is 0.878. The van der Waals surface area contributed by atoms with Gasteiger partial charge >= 0.3 is 0 Å². The Morgan fingerprint density at radius 1 is 0.340 bits per heavy atom. The first-order chi connectivity index (χ1) is 23.3. The summed E-state index contributed by atoms with van der Waals surface area (Å²) in [6.45, 7) is 0. The van der Waals surface area contributed by atoms with Gasteiger partial charge in [-0.05, 0) is 76.9 Å². The van der Waals surface area contributed by atoms with E-state index in [-0.39, 0.29) is 0 Å². The first kappa shape index (κ1) is 26.0. The van der Waals surface area contributed by atoms with Crippen molar-refractivity contribution in [2.45, 2.75) is 0 Å². The Balaban J connectivity index is 1.07. The Kier molecular flexibility index (Phi) is 5.57. The van der Waals surface area contributed by atoms with Gasteiger partial charge in [-0.3, -0.25) is 4.57 Å². The van der Waals surface area contributed by atoms with Crippen LogP contribution in [-0.2, 0) is 0 Å². The van der Waals surface area contributed by atoms with Crippen molar-refractivity contribution in [3.8, 4) is 33.6 Å². The van der Waals surface area contributed by atoms with Gasteiger partial charge in [0.2, 0.25) is 5.71 Å². The van der Waals surface area contributed by atoms with E-state index < -0.39 is 0 Å². The highest BCUT2D eigenvalue weighted by molar-refractivity contribution is 6.20. The second-order valence-electron chi connectivity index (χ2n) is 12.2. The minimum absolute atomic E-state index is 0.878. The van der Waals surface area contributed by atoms with Gasteiger partial charge in [-0.2, -0.15) is 0 Å². The molecule has 0 saturated carbocycles. The zero-order valence-corrected chi connectivity index (χ0v) is 25.5. The fourth-order valence-corrected chi connectivity index (χ4v) is 7.38. The van der Waals surface area contributed by atoms with Crippen molar-refractivity contribution in [3.63, 3.8) is 0 Å². The summed E-state index contributed by atoms with van der Waals surface area (Å²) in [5.74, 6) is 0. The van der Waals surface area contributed by atoms with E-state index >= 15 is 0 Å². The quantitative estimate of drug-likeness (QED) is 0.197. The van der Waals surface area contributed by atoms with Crippen LogP contribution in [0, 0.1) is 0 Å². The maximum absolute atomic E-state index is 6.48. The molecule has 220 valence electrons. The first-order valence-corrected chi connectivity index (χ1v) is 16.0. The molecule has 7 aromatic carbocycles. The first-order valence-electron chi connectivity index (χ1n) is 16.0. The van der Waals surface area contributed by atoms with E-state index in [4.69, 9.17) is 4.42 Å². The smallest absolute Gasteiger partial charge is 0.213 e. The number of hydrogen-bond acceptors (Lipinski definition) is 1. The zero-order valence-electron chi connectivity index (χ0n) is 25.5. The van der Waals surface area contributed by atoms with Gasteiger partial charge in [0.25, 0.3) is 0 Å². The number of hydrogen-bond donors (Lipinski definition) is 0. The maximum Gasteiger partial charge on any atom is 0.213 e. The number of nitrogens with zero attached hydrogens (tertiary/aromatic N) is 2. The van der Waals surface area contributed by atoms with Crippen LogP contribution in [0.1, 0.15) is 0 Å². The largest absolute Gasteiger partial charge is 0.439 e. The van der Waals surface area contributed by atoms with Crippen LogP contribution in [0.2, 0.25) is 0 Å².